The van der Waals surface area contributed by atoms with Gasteiger partial charge >= 0.3 is 24.6 Å². The Balaban J connectivity index is 1.65. The van der Waals surface area contributed by atoms with E-state index < -0.39 is 59.5 Å². The molecule has 2 heterocycles. The van der Waals surface area contributed by atoms with Crippen LogP contribution in [0.25, 0.3) is 0 Å². The molecule has 3 aromatic rings. The molecule has 5 rings (SSSR count). The highest BCUT2D eigenvalue weighted by Gasteiger charge is 2.40. The molecule has 8 nitrogen and oxygen atoms in total. The first-order valence-electron chi connectivity index (χ1n) is 13.9. The Bertz CT molecular complexity index is 1530. The number of hydrogen-bond donors (Lipinski definition) is 0. The van der Waals surface area contributed by atoms with Crippen molar-refractivity contribution in [2.24, 2.45) is 7.05 Å². The maximum atomic E-state index is 14.0. The smallest absolute Gasteiger partial charge is 0.416 e. The van der Waals surface area contributed by atoms with E-state index in [1.54, 1.807) is 0 Å². The molecule has 1 atom stereocenters. The average molecular weight is 651 g/mol. The molecule has 1 aliphatic carbocycles. The number of nitrogens with zero attached hydrogens (tertiary/aromatic N) is 6. The molecule has 0 saturated heterocycles. The van der Waals surface area contributed by atoms with Gasteiger partial charge in [0.25, 0.3) is 5.95 Å². The minimum Gasteiger partial charge on any atom is -0.446 e. The van der Waals surface area contributed by atoms with Gasteiger partial charge in [0.1, 0.15) is 6.10 Å². The highest BCUT2D eigenvalue weighted by atomic mass is 19.4. The van der Waals surface area contributed by atoms with Gasteiger partial charge in [-0.05, 0) is 85.2 Å². The third kappa shape index (κ3) is 6.96. The number of rotatable bonds is 5. The number of aromatic nitrogens is 4. The van der Waals surface area contributed by atoms with Crippen molar-refractivity contribution in [1.82, 2.24) is 20.2 Å². The Labute approximate surface area is 250 Å². The van der Waals surface area contributed by atoms with Crippen LogP contribution in [0.5, 0.6) is 0 Å². The Morgan fingerprint density at radius 1 is 0.911 bits per heavy atom. The fraction of sp³-hybridized carbons (Fsp3) is 0.500. The molecule has 0 N–H and O–H groups in total. The van der Waals surface area contributed by atoms with Crippen LogP contribution in [-0.4, -0.2) is 38.9 Å². The van der Waals surface area contributed by atoms with Crippen molar-refractivity contribution in [3.8, 4) is 0 Å². The molecule has 0 bridgehead atoms. The topological polar surface area (TPSA) is 76.4 Å². The van der Waals surface area contributed by atoms with Crippen LogP contribution < -0.4 is 9.80 Å². The molecular formula is C28H27F9N6O2. The number of aryl methyl sites for hydroxylation is 2. The second-order valence-electron chi connectivity index (χ2n) is 11.1. The standard InChI is InChI=1S/C28H27F9N6O2/c1-15-9-20-22(7-4-8-42(25(44)45-19-5-3-6-19)23(20)13-21(15)28(35,36)37)43(24-38-40-41(2)39-24)14-16-10-17(26(29,30)31)12-18(11-16)27(32,33)34/h9-13,19,22H,3-8,14H2,1-2H3. The number of ether oxygens (including phenoxy) is 1. The van der Waals surface area contributed by atoms with Crippen molar-refractivity contribution < 1.29 is 49.0 Å². The van der Waals surface area contributed by atoms with Gasteiger partial charge in [-0.25, -0.2) is 4.79 Å². The van der Waals surface area contributed by atoms with Crippen LogP contribution >= 0.6 is 0 Å². The van der Waals surface area contributed by atoms with Crippen LogP contribution in [0.3, 0.4) is 0 Å². The van der Waals surface area contributed by atoms with E-state index in [1.165, 1.54) is 24.9 Å². The zero-order valence-corrected chi connectivity index (χ0v) is 23.9. The van der Waals surface area contributed by atoms with Crippen molar-refractivity contribution in [2.75, 3.05) is 16.3 Å². The summed E-state index contributed by atoms with van der Waals surface area (Å²) >= 11 is 0. The third-order valence-electron chi connectivity index (χ3n) is 7.86. The fourth-order valence-corrected chi connectivity index (χ4v) is 5.47. The van der Waals surface area contributed by atoms with Crippen molar-refractivity contribution in [3.05, 3.63) is 63.7 Å². The maximum Gasteiger partial charge on any atom is 0.416 e. The number of halogens is 9. The molecule has 45 heavy (non-hydrogen) atoms. The van der Waals surface area contributed by atoms with Gasteiger partial charge < -0.3 is 9.64 Å². The largest absolute Gasteiger partial charge is 0.446 e. The number of tetrazole rings is 1. The number of carbonyl (C=O) groups is 1. The molecule has 2 aromatic carbocycles. The van der Waals surface area contributed by atoms with E-state index in [1.807, 2.05) is 0 Å². The van der Waals surface area contributed by atoms with Gasteiger partial charge in [-0.15, -0.1) is 5.10 Å². The summed E-state index contributed by atoms with van der Waals surface area (Å²) < 4.78 is 130. The lowest BCUT2D eigenvalue weighted by atomic mass is 9.94. The molecule has 1 aromatic heterocycles. The van der Waals surface area contributed by atoms with Crippen LogP contribution in [0.2, 0.25) is 0 Å². The molecule has 1 aliphatic heterocycles. The van der Waals surface area contributed by atoms with Crippen molar-refractivity contribution >= 4 is 17.7 Å². The Morgan fingerprint density at radius 3 is 2.07 bits per heavy atom. The van der Waals surface area contributed by atoms with Crippen LogP contribution in [0.15, 0.2) is 30.3 Å². The molecule has 0 radical (unpaired) electrons. The first-order chi connectivity index (χ1) is 20.9. The first kappa shape index (κ1) is 32.3. The summed E-state index contributed by atoms with van der Waals surface area (Å²) in [6.07, 6.45) is -13.9. The van der Waals surface area contributed by atoms with Gasteiger partial charge in [0.2, 0.25) is 0 Å². The van der Waals surface area contributed by atoms with Crippen LogP contribution in [-0.2, 0) is 36.9 Å². The predicted molar refractivity (Wildman–Crippen MR) is 141 cm³/mol. The average Bonchev–Trinajstić information content (AvgIpc) is 3.25. The fourth-order valence-electron chi connectivity index (χ4n) is 5.47. The van der Waals surface area contributed by atoms with E-state index in [0.29, 0.717) is 25.0 Å². The summed E-state index contributed by atoms with van der Waals surface area (Å²) in [4.78, 5) is 16.6. The summed E-state index contributed by atoms with van der Waals surface area (Å²) in [5.74, 6) is -0.192. The molecule has 0 spiro atoms. The molecule has 17 heteroatoms. The zero-order valence-electron chi connectivity index (χ0n) is 23.9. The van der Waals surface area contributed by atoms with E-state index in [2.05, 4.69) is 15.4 Å². The van der Waals surface area contributed by atoms with Gasteiger partial charge in [0, 0.05) is 13.1 Å². The summed E-state index contributed by atoms with van der Waals surface area (Å²) in [7, 11) is 1.39. The number of benzene rings is 2. The first-order valence-corrected chi connectivity index (χ1v) is 13.9. The number of carbonyl (C=O) groups excluding carboxylic acids is 1. The SMILES string of the molecule is Cc1cc2c(cc1C(F)(F)F)N(C(=O)OC1CCC1)CCCC2N(Cc1cc(C(F)(F)F)cc(C(F)(F)F)c1)c1nnn(C)n1. The van der Waals surface area contributed by atoms with Crippen molar-refractivity contribution in [3.63, 3.8) is 0 Å². The lowest BCUT2D eigenvalue weighted by Gasteiger charge is -2.33. The quantitative estimate of drug-likeness (QED) is 0.265. The van der Waals surface area contributed by atoms with E-state index in [-0.39, 0.29) is 54.3 Å². The Kier molecular flexibility index (Phi) is 8.42. The van der Waals surface area contributed by atoms with E-state index in [9.17, 15) is 44.3 Å². The minimum atomic E-state index is -5.10. The molecule has 244 valence electrons. The van der Waals surface area contributed by atoms with Crippen LogP contribution in [0.1, 0.15) is 71.5 Å². The maximum absolute atomic E-state index is 14.0. The van der Waals surface area contributed by atoms with Crippen LogP contribution in [0, 0.1) is 6.92 Å². The van der Waals surface area contributed by atoms with E-state index >= 15 is 0 Å². The highest BCUT2D eigenvalue weighted by Crippen LogP contribution is 2.44. The van der Waals surface area contributed by atoms with Crippen LogP contribution in [0.4, 0.5) is 55.9 Å². The van der Waals surface area contributed by atoms with Crippen molar-refractivity contribution in [2.45, 2.75) is 76.2 Å². The molecular weight excluding hydrogens is 623 g/mol. The van der Waals surface area contributed by atoms with E-state index in [0.717, 1.165) is 22.2 Å². The molecule has 2 aliphatic rings. The monoisotopic (exact) mass is 650 g/mol. The van der Waals surface area contributed by atoms with E-state index in [4.69, 9.17) is 4.74 Å². The zero-order chi connectivity index (χ0) is 32.9. The second kappa shape index (κ2) is 11.7. The van der Waals surface area contributed by atoms with Gasteiger partial charge in [-0.3, -0.25) is 4.90 Å². The predicted octanol–water partition coefficient (Wildman–Crippen LogP) is 7.61. The molecule has 1 fully saturated rings. The lowest BCUT2D eigenvalue weighted by molar-refractivity contribution is -0.143. The number of fused-ring (bicyclic) bond motifs is 1. The summed E-state index contributed by atoms with van der Waals surface area (Å²) in [5, 5.41) is 11.8. The number of amides is 1. The van der Waals surface area contributed by atoms with Gasteiger partial charge in [-0.2, -0.15) is 44.3 Å². The van der Waals surface area contributed by atoms with Gasteiger partial charge in [-0.1, -0.05) is 11.2 Å². The highest BCUT2D eigenvalue weighted by molar-refractivity contribution is 5.89. The number of alkyl halides is 9. The van der Waals surface area contributed by atoms with Gasteiger partial charge in [0.15, 0.2) is 0 Å². The van der Waals surface area contributed by atoms with Gasteiger partial charge in [0.05, 0.1) is 35.5 Å². The Morgan fingerprint density at radius 2 is 1.56 bits per heavy atom. The molecule has 1 saturated carbocycles. The molecule has 1 unspecified atom stereocenters. The lowest BCUT2D eigenvalue weighted by Crippen LogP contribution is -2.37. The second-order valence-corrected chi connectivity index (χ2v) is 11.1. The number of hydrogen-bond acceptors (Lipinski definition) is 6. The Hall–Kier alpha value is -4.05. The number of anilines is 2. The summed E-state index contributed by atoms with van der Waals surface area (Å²) in [6.45, 7) is 0.559. The minimum absolute atomic E-state index is 0.00296. The molecule has 1 amide bonds. The third-order valence-corrected chi connectivity index (χ3v) is 7.86. The summed E-state index contributed by atoms with van der Waals surface area (Å²) in [6, 6.07) is 2.18. The normalized spacial score (nSPS) is 17.8. The summed E-state index contributed by atoms with van der Waals surface area (Å²) in [5.41, 5.74) is -4.66. The van der Waals surface area contributed by atoms with Crippen molar-refractivity contribution in [1.29, 1.82) is 0 Å².